The molecule has 1 aromatic heterocycles. The van der Waals surface area contributed by atoms with E-state index in [0.29, 0.717) is 58.7 Å². The number of nitrogens with zero attached hydrogens (tertiary/aromatic N) is 4. The van der Waals surface area contributed by atoms with Crippen LogP contribution in [0.15, 0.2) is 9.70 Å². The summed E-state index contributed by atoms with van der Waals surface area (Å²) in [5.74, 6) is 0.193. The minimum absolute atomic E-state index is 0.0664. The highest BCUT2D eigenvalue weighted by Gasteiger charge is 2.38. The van der Waals surface area contributed by atoms with Gasteiger partial charge in [-0.05, 0) is 51.2 Å². The summed E-state index contributed by atoms with van der Waals surface area (Å²) in [6.45, 7) is 5.03. The van der Waals surface area contributed by atoms with E-state index >= 15 is 0 Å². The van der Waals surface area contributed by atoms with Crippen molar-refractivity contribution in [3.05, 3.63) is 31.9 Å². The van der Waals surface area contributed by atoms with Gasteiger partial charge in [-0.2, -0.15) is 5.26 Å². The predicted octanol–water partition coefficient (Wildman–Crippen LogP) is 3.88. The van der Waals surface area contributed by atoms with Gasteiger partial charge in [0.25, 0.3) is 11.5 Å². The Morgan fingerprint density at radius 2 is 1.86 bits per heavy atom. The fourth-order valence-corrected chi connectivity index (χ4v) is 6.83. The molecule has 1 saturated carbocycles. The Kier molecular flexibility index (Phi) is 8.20. The first-order chi connectivity index (χ1) is 17.3. The Labute approximate surface area is 221 Å². The molecule has 8 nitrogen and oxygen atoms in total. The largest absolute Gasteiger partial charge is 0.466 e. The van der Waals surface area contributed by atoms with Crippen molar-refractivity contribution in [2.75, 3.05) is 24.6 Å². The van der Waals surface area contributed by atoms with E-state index in [1.54, 1.807) is 31.9 Å². The molecule has 0 atom stereocenters. The third-order valence-electron chi connectivity index (χ3n) is 7.42. The molecule has 36 heavy (non-hydrogen) atoms. The molecular formula is C26H32N4O4S2. The summed E-state index contributed by atoms with van der Waals surface area (Å²) in [5.41, 5.74) is 0.916. The van der Waals surface area contributed by atoms with Crippen molar-refractivity contribution in [1.82, 2.24) is 9.47 Å². The van der Waals surface area contributed by atoms with Gasteiger partial charge in [-0.25, -0.2) is 0 Å². The quantitative estimate of drug-likeness (QED) is 0.323. The number of thioether (sulfide) groups is 1. The van der Waals surface area contributed by atoms with Crippen LogP contribution < -0.4 is 10.5 Å². The summed E-state index contributed by atoms with van der Waals surface area (Å²) >= 11 is 6.89. The zero-order chi connectivity index (χ0) is 26.0. The average Bonchev–Trinajstić information content (AvgIpc) is 3.16. The molecule has 1 aliphatic carbocycles. The molecule has 0 N–H and O–H groups in total. The Bertz CT molecular complexity index is 1200. The number of carbonyl (C=O) groups excluding carboxylic acids is 2. The van der Waals surface area contributed by atoms with Crippen molar-refractivity contribution in [2.24, 2.45) is 13.0 Å². The molecule has 1 aromatic rings. The predicted molar refractivity (Wildman–Crippen MR) is 145 cm³/mol. The van der Waals surface area contributed by atoms with Crippen molar-refractivity contribution in [3.63, 3.8) is 0 Å². The van der Waals surface area contributed by atoms with Gasteiger partial charge in [-0.1, -0.05) is 43.2 Å². The molecule has 10 heteroatoms. The van der Waals surface area contributed by atoms with Gasteiger partial charge in [-0.15, -0.1) is 0 Å². The highest BCUT2D eigenvalue weighted by atomic mass is 32.2. The van der Waals surface area contributed by atoms with Crippen molar-refractivity contribution < 1.29 is 14.3 Å². The number of amides is 1. The second-order valence-electron chi connectivity index (χ2n) is 9.57. The number of carbonyl (C=O) groups is 2. The van der Waals surface area contributed by atoms with Crippen molar-refractivity contribution in [2.45, 2.75) is 64.8 Å². The minimum atomic E-state index is -0.371. The maximum Gasteiger partial charge on any atom is 0.309 e. The number of rotatable bonds is 5. The molecule has 3 aliphatic rings. The third kappa shape index (κ3) is 4.96. The standard InChI is InChI=1S/C26H32N4O4S2/c1-4-34-25(33)17-10-12-29(13-11-17)22-19(16(2)20(15-27)23(31)28(22)3)14-21-24(32)30(26(35)36-21)18-8-6-5-7-9-18/h14,17-18H,4-13H2,1-3H3/b21-14-. The van der Waals surface area contributed by atoms with Crippen LogP contribution in [0.3, 0.4) is 0 Å². The molecule has 0 unspecified atom stereocenters. The first-order valence-electron chi connectivity index (χ1n) is 12.6. The fraction of sp³-hybridized carbons (Fsp3) is 0.577. The molecule has 0 radical (unpaired) electrons. The number of esters is 1. The molecule has 4 rings (SSSR count). The number of anilines is 1. The molecule has 0 bridgehead atoms. The molecule has 3 fully saturated rings. The second kappa shape index (κ2) is 11.2. The SMILES string of the molecule is CCOC(=O)C1CCN(c2c(/C=C3\SC(=S)N(C4CCCCC4)C3=O)c(C)c(C#N)c(=O)n2C)CC1. The number of ether oxygens (including phenoxy) is 1. The zero-order valence-electron chi connectivity index (χ0n) is 21.0. The van der Waals surface area contributed by atoms with Crippen molar-refractivity contribution in [1.29, 1.82) is 5.26 Å². The Morgan fingerprint density at radius 3 is 2.47 bits per heavy atom. The minimum Gasteiger partial charge on any atom is -0.466 e. The van der Waals surface area contributed by atoms with Gasteiger partial charge in [0.2, 0.25) is 0 Å². The third-order valence-corrected chi connectivity index (χ3v) is 8.75. The first kappa shape index (κ1) is 26.4. The smallest absolute Gasteiger partial charge is 0.309 e. The summed E-state index contributed by atoms with van der Waals surface area (Å²) in [4.78, 5) is 43.0. The van der Waals surface area contributed by atoms with Gasteiger partial charge in [-0.3, -0.25) is 23.9 Å². The number of aromatic nitrogens is 1. The lowest BCUT2D eigenvalue weighted by Gasteiger charge is -2.35. The maximum absolute atomic E-state index is 13.5. The van der Waals surface area contributed by atoms with E-state index in [1.165, 1.54) is 22.7 Å². The number of piperidine rings is 1. The van der Waals surface area contributed by atoms with Gasteiger partial charge >= 0.3 is 5.97 Å². The van der Waals surface area contributed by atoms with Gasteiger partial charge in [0.1, 0.15) is 21.8 Å². The van der Waals surface area contributed by atoms with Gasteiger partial charge in [0, 0.05) is 31.7 Å². The van der Waals surface area contributed by atoms with Crippen LogP contribution in [-0.2, 0) is 21.4 Å². The van der Waals surface area contributed by atoms with Crippen LogP contribution in [0.1, 0.15) is 68.6 Å². The molecule has 3 heterocycles. The highest BCUT2D eigenvalue weighted by molar-refractivity contribution is 8.26. The first-order valence-corrected chi connectivity index (χ1v) is 13.8. The van der Waals surface area contributed by atoms with Crippen molar-refractivity contribution >= 4 is 52.1 Å². The molecule has 2 aliphatic heterocycles. The molecule has 0 aromatic carbocycles. The fourth-order valence-electron chi connectivity index (χ4n) is 5.45. The summed E-state index contributed by atoms with van der Waals surface area (Å²) in [6.07, 6.45) is 8.30. The lowest BCUT2D eigenvalue weighted by molar-refractivity contribution is -0.148. The van der Waals surface area contributed by atoms with E-state index in [2.05, 4.69) is 4.90 Å². The average molecular weight is 529 g/mol. The lowest BCUT2D eigenvalue weighted by Crippen LogP contribution is -2.41. The summed E-state index contributed by atoms with van der Waals surface area (Å²) in [6, 6.07) is 2.18. The second-order valence-corrected chi connectivity index (χ2v) is 11.2. The molecule has 2 saturated heterocycles. The summed E-state index contributed by atoms with van der Waals surface area (Å²) in [7, 11) is 1.65. The van der Waals surface area contributed by atoms with E-state index in [0.717, 1.165) is 25.7 Å². The number of hydrogen-bond acceptors (Lipinski definition) is 8. The number of hydrogen-bond donors (Lipinski definition) is 0. The van der Waals surface area contributed by atoms with Crippen LogP contribution in [0.2, 0.25) is 0 Å². The molecular weight excluding hydrogens is 496 g/mol. The number of nitriles is 1. The molecule has 192 valence electrons. The van der Waals surface area contributed by atoms with E-state index in [-0.39, 0.29) is 35.0 Å². The van der Waals surface area contributed by atoms with Gasteiger partial charge in [0.15, 0.2) is 0 Å². The topological polar surface area (TPSA) is 95.6 Å². The van der Waals surface area contributed by atoms with E-state index in [9.17, 15) is 19.6 Å². The van der Waals surface area contributed by atoms with Gasteiger partial charge < -0.3 is 9.64 Å². The summed E-state index contributed by atoms with van der Waals surface area (Å²) in [5, 5.41) is 9.71. The Hall–Kier alpha value is -2.64. The van der Waals surface area contributed by atoms with E-state index < -0.39 is 0 Å². The van der Waals surface area contributed by atoms with Crippen molar-refractivity contribution in [3.8, 4) is 6.07 Å². The van der Waals surface area contributed by atoms with Crippen LogP contribution >= 0.6 is 24.0 Å². The Balaban J connectivity index is 1.71. The normalized spacial score (nSPS) is 20.8. The van der Waals surface area contributed by atoms with Crippen LogP contribution in [-0.4, -0.2) is 51.4 Å². The van der Waals surface area contributed by atoms with Crippen LogP contribution in [0, 0.1) is 24.2 Å². The lowest BCUT2D eigenvalue weighted by atomic mass is 9.94. The highest BCUT2D eigenvalue weighted by Crippen LogP contribution is 2.39. The van der Waals surface area contributed by atoms with Crippen LogP contribution in [0.25, 0.3) is 6.08 Å². The van der Waals surface area contributed by atoms with Gasteiger partial charge in [0.05, 0.1) is 17.4 Å². The zero-order valence-corrected chi connectivity index (χ0v) is 22.7. The molecule has 0 spiro atoms. The number of thiocarbonyl (C=S) groups is 1. The monoisotopic (exact) mass is 528 g/mol. The van der Waals surface area contributed by atoms with E-state index in [1.807, 2.05) is 6.07 Å². The molecule has 1 amide bonds. The van der Waals surface area contributed by atoms with Crippen LogP contribution in [0.5, 0.6) is 0 Å². The summed E-state index contributed by atoms with van der Waals surface area (Å²) < 4.78 is 7.25. The van der Waals surface area contributed by atoms with Crippen LogP contribution in [0.4, 0.5) is 5.82 Å². The van der Waals surface area contributed by atoms with E-state index in [4.69, 9.17) is 17.0 Å². The Morgan fingerprint density at radius 1 is 1.19 bits per heavy atom. The number of pyridine rings is 1. The maximum atomic E-state index is 13.5.